The molecule has 0 saturated carbocycles. The highest BCUT2D eigenvalue weighted by atomic mass is 32.2. The second-order valence-electron chi connectivity index (χ2n) is 5.27. The summed E-state index contributed by atoms with van der Waals surface area (Å²) in [6.45, 7) is 0. The number of nitrogens with zero attached hydrogens (tertiary/aromatic N) is 3. The normalized spacial score (nSPS) is 10.4. The molecule has 0 atom stereocenters. The third-order valence-corrected chi connectivity index (χ3v) is 5.49. The molecule has 2 aromatic carbocycles. The van der Waals surface area contributed by atoms with Crippen LogP contribution < -0.4 is 10.1 Å². The van der Waals surface area contributed by atoms with Crippen LogP contribution in [-0.2, 0) is 5.75 Å². The summed E-state index contributed by atoms with van der Waals surface area (Å²) < 4.78 is 5.90. The molecule has 3 aromatic rings. The zero-order chi connectivity index (χ0) is 19.2. The van der Waals surface area contributed by atoms with Crippen LogP contribution in [0.5, 0.6) is 5.75 Å². The summed E-state index contributed by atoms with van der Waals surface area (Å²) in [5.41, 5.74) is 1.12. The maximum Gasteiger partial charge on any atom is 0.270 e. The first kappa shape index (κ1) is 18.8. The van der Waals surface area contributed by atoms with Crippen molar-refractivity contribution in [2.75, 3.05) is 12.4 Å². The van der Waals surface area contributed by atoms with Gasteiger partial charge in [0.15, 0.2) is 4.34 Å². The minimum absolute atomic E-state index is 0.144. The van der Waals surface area contributed by atoms with Gasteiger partial charge >= 0.3 is 0 Å². The Balaban J connectivity index is 1.61. The Bertz CT molecular complexity index is 977. The molecular formula is C17H14N4O4S2. The van der Waals surface area contributed by atoms with Crippen LogP contribution >= 0.6 is 23.1 Å². The van der Waals surface area contributed by atoms with Crippen LogP contribution in [0.1, 0.15) is 15.9 Å². The number of nitrogens with one attached hydrogen (secondary N) is 1. The number of non-ortho nitro benzene ring substituents is 1. The molecule has 1 amide bonds. The lowest BCUT2D eigenvalue weighted by atomic mass is 10.2. The van der Waals surface area contributed by atoms with Crippen molar-refractivity contribution < 1.29 is 14.5 Å². The first-order valence-electron chi connectivity index (χ1n) is 7.70. The van der Waals surface area contributed by atoms with E-state index in [2.05, 4.69) is 15.5 Å². The van der Waals surface area contributed by atoms with Gasteiger partial charge < -0.3 is 4.74 Å². The van der Waals surface area contributed by atoms with Crippen molar-refractivity contribution in [2.24, 2.45) is 0 Å². The first-order valence-corrected chi connectivity index (χ1v) is 9.50. The number of ether oxygens (including phenoxy) is 1. The smallest absolute Gasteiger partial charge is 0.270 e. The van der Waals surface area contributed by atoms with E-state index >= 15 is 0 Å². The van der Waals surface area contributed by atoms with Gasteiger partial charge in [-0.25, -0.2) is 0 Å². The van der Waals surface area contributed by atoms with Crippen LogP contribution in [0.2, 0.25) is 0 Å². The zero-order valence-electron chi connectivity index (χ0n) is 14.1. The summed E-state index contributed by atoms with van der Waals surface area (Å²) in [6.07, 6.45) is 0. The van der Waals surface area contributed by atoms with E-state index in [1.807, 2.05) is 24.3 Å². The van der Waals surface area contributed by atoms with E-state index in [1.54, 1.807) is 7.11 Å². The molecule has 0 aliphatic rings. The summed E-state index contributed by atoms with van der Waals surface area (Å²) in [4.78, 5) is 22.5. The van der Waals surface area contributed by atoms with Gasteiger partial charge in [-0.3, -0.25) is 20.2 Å². The minimum Gasteiger partial charge on any atom is -0.497 e. The summed E-state index contributed by atoms with van der Waals surface area (Å²) in [5.74, 6) is 0.999. The number of nitro benzene ring substituents is 1. The third kappa shape index (κ3) is 5.02. The molecule has 1 N–H and O–H groups in total. The molecule has 10 heteroatoms. The number of hydrogen-bond acceptors (Lipinski definition) is 8. The van der Waals surface area contributed by atoms with Crippen molar-refractivity contribution in [2.45, 2.75) is 10.1 Å². The van der Waals surface area contributed by atoms with Crippen molar-refractivity contribution >= 4 is 39.8 Å². The van der Waals surface area contributed by atoms with Gasteiger partial charge in [0.2, 0.25) is 5.13 Å². The molecule has 3 rings (SSSR count). The summed E-state index contributed by atoms with van der Waals surface area (Å²) in [6, 6.07) is 13.2. The molecule has 0 radical (unpaired) electrons. The predicted molar refractivity (Wildman–Crippen MR) is 104 cm³/mol. The van der Waals surface area contributed by atoms with E-state index in [9.17, 15) is 14.9 Å². The van der Waals surface area contributed by atoms with Crippen molar-refractivity contribution in [3.63, 3.8) is 0 Å². The summed E-state index contributed by atoms with van der Waals surface area (Å²) in [7, 11) is 1.62. The topological polar surface area (TPSA) is 107 Å². The number of carbonyl (C=O) groups excluding carboxylic acids is 1. The van der Waals surface area contributed by atoms with Gasteiger partial charge in [-0.2, -0.15) is 0 Å². The van der Waals surface area contributed by atoms with Crippen molar-refractivity contribution in [1.29, 1.82) is 0 Å². The number of carbonyl (C=O) groups is 1. The second kappa shape index (κ2) is 8.60. The standard InChI is InChI=1S/C17H14N4O4S2/c1-25-14-7-2-4-11(8-14)10-26-17-20-19-16(27-17)18-15(22)12-5-3-6-13(9-12)21(23)24/h2-9H,10H2,1H3,(H,18,19,22). The van der Waals surface area contributed by atoms with Crippen LogP contribution in [0.4, 0.5) is 10.8 Å². The molecule has 138 valence electrons. The van der Waals surface area contributed by atoms with Gasteiger partial charge in [0.1, 0.15) is 5.75 Å². The summed E-state index contributed by atoms with van der Waals surface area (Å²) >= 11 is 2.73. The predicted octanol–water partition coefficient (Wildman–Crippen LogP) is 4.00. The number of anilines is 1. The molecule has 27 heavy (non-hydrogen) atoms. The number of rotatable bonds is 7. The molecule has 0 fully saturated rings. The molecular weight excluding hydrogens is 388 g/mol. The monoisotopic (exact) mass is 402 g/mol. The molecule has 0 spiro atoms. The fourth-order valence-electron chi connectivity index (χ4n) is 2.16. The maximum atomic E-state index is 12.2. The van der Waals surface area contributed by atoms with Crippen molar-refractivity contribution in [3.8, 4) is 5.75 Å². The Kier molecular flexibility index (Phi) is 5.99. The number of methoxy groups -OCH3 is 1. The van der Waals surface area contributed by atoms with E-state index in [4.69, 9.17) is 4.74 Å². The Labute approximate surface area is 162 Å². The van der Waals surface area contributed by atoms with Crippen LogP contribution in [0.25, 0.3) is 0 Å². The van der Waals surface area contributed by atoms with Crippen LogP contribution in [-0.4, -0.2) is 28.1 Å². The number of aromatic nitrogens is 2. The van der Waals surface area contributed by atoms with E-state index in [0.29, 0.717) is 15.2 Å². The lowest BCUT2D eigenvalue weighted by molar-refractivity contribution is -0.384. The average molecular weight is 402 g/mol. The van der Waals surface area contributed by atoms with E-state index in [-0.39, 0.29) is 11.3 Å². The number of nitro groups is 1. The van der Waals surface area contributed by atoms with E-state index in [0.717, 1.165) is 11.3 Å². The molecule has 0 bridgehead atoms. The second-order valence-corrected chi connectivity index (χ2v) is 7.47. The fraction of sp³-hybridized carbons (Fsp3) is 0.118. The van der Waals surface area contributed by atoms with Gasteiger partial charge in [0.25, 0.3) is 11.6 Å². The van der Waals surface area contributed by atoms with Crippen LogP contribution in [0, 0.1) is 10.1 Å². The Morgan fingerprint density at radius 3 is 2.85 bits per heavy atom. The SMILES string of the molecule is COc1cccc(CSc2nnc(NC(=O)c3cccc([N+](=O)[O-])c3)s2)c1. The zero-order valence-corrected chi connectivity index (χ0v) is 15.8. The van der Waals surface area contributed by atoms with Gasteiger partial charge in [-0.05, 0) is 23.8 Å². The molecule has 1 aromatic heterocycles. The van der Waals surface area contributed by atoms with Crippen molar-refractivity contribution in [1.82, 2.24) is 10.2 Å². The van der Waals surface area contributed by atoms with Gasteiger partial charge in [-0.15, -0.1) is 10.2 Å². The fourth-order valence-corrected chi connectivity index (χ4v) is 3.85. The Morgan fingerprint density at radius 1 is 1.26 bits per heavy atom. The van der Waals surface area contributed by atoms with Crippen LogP contribution in [0.15, 0.2) is 52.9 Å². The highest BCUT2D eigenvalue weighted by Crippen LogP contribution is 2.29. The Hall–Kier alpha value is -2.98. The Morgan fingerprint density at radius 2 is 2.07 bits per heavy atom. The highest BCUT2D eigenvalue weighted by molar-refractivity contribution is 8.00. The minimum atomic E-state index is -0.547. The van der Waals surface area contributed by atoms with E-state index < -0.39 is 10.8 Å². The lowest BCUT2D eigenvalue weighted by Gasteiger charge is -2.02. The van der Waals surface area contributed by atoms with Crippen molar-refractivity contribution in [3.05, 3.63) is 69.8 Å². The molecule has 8 nitrogen and oxygen atoms in total. The first-order chi connectivity index (χ1) is 13.0. The number of amides is 1. The molecule has 0 saturated heterocycles. The van der Waals surface area contributed by atoms with Crippen LogP contribution in [0.3, 0.4) is 0 Å². The maximum absolute atomic E-state index is 12.2. The number of thioether (sulfide) groups is 1. The molecule has 0 unspecified atom stereocenters. The lowest BCUT2D eigenvalue weighted by Crippen LogP contribution is -2.11. The average Bonchev–Trinajstić information content (AvgIpc) is 3.14. The van der Waals surface area contributed by atoms with Gasteiger partial charge in [0.05, 0.1) is 12.0 Å². The quantitative estimate of drug-likeness (QED) is 0.275. The number of hydrogen-bond donors (Lipinski definition) is 1. The molecule has 1 heterocycles. The highest BCUT2D eigenvalue weighted by Gasteiger charge is 2.14. The summed E-state index contributed by atoms with van der Waals surface area (Å²) in [5, 5.41) is 21.7. The van der Waals surface area contributed by atoms with Gasteiger partial charge in [-0.1, -0.05) is 41.3 Å². The number of benzene rings is 2. The third-order valence-electron chi connectivity index (χ3n) is 3.44. The molecule has 0 aliphatic carbocycles. The van der Waals surface area contributed by atoms with Gasteiger partial charge in [0, 0.05) is 23.4 Å². The largest absolute Gasteiger partial charge is 0.497 e. The van der Waals surface area contributed by atoms with E-state index in [1.165, 1.54) is 47.4 Å². The molecule has 0 aliphatic heterocycles.